The maximum absolute atomic E-state index is 16.4. The summed E-state index contributed by atoms with van der Waals surface area (Å²) in [6.45, 7) is 3.72. The average Bonchev–Trinajstić information content (AvgIpc) is 3.64. The summed E-state index contributed by atoms with van der Waals surface area (Å²) in [7, 11) is 1.45. The molecule has 41 heavy (non-hydrogen) atoms. The first kappa shape index (κ1) is 26.5. The van der Waals surface area contributed by atoms with Crippen LogP contribution in [0.4, 0.5) is 8.78 Å². The summed E-state index contributed by atoms with van der Waals surface area (Å²) < 4.78 is 35.8. The van der Waals surface area contributed by atoms with Crippen molar-refractivity contribution in [3.63, 3.8) is 0 Å². The summed E-state index contributed by atoms with van der Waals surface area (Å²) in [6.07, 6.45) is 5.47. The van der Waals surface area contributed by atoms with E-state index in [1.54, 1.807) is 42.7 Å². The van der Waals surface area contributed by atoms with E-state index in [0.29, 0.717) is 23.1 Å². The molecule has 0 saturated heterocycles. The molecule has 1 N–H and O–H groups in total. The first-order chi connectivity index (χ1) is 19.7. The van der Waals surface area contributed by atoms with Crippen LogP contribution in [0.1, 0.15) is 56.9 Å². The van der Waals surface area contributed by atoms with Crippen LogP contribution in [0.15, 0.2) is 71.4 Å². The van der Waals surface area contributed by atoms with Gasteiger partial charge < -0.3 is 9.73 Å². The van der Waals surface area contributed by atoms with E-state index in [1.165, 1.54) is 31.3 Å². The predicted molar refractivity (Wildman–Crippen MR) is 152 cm³/mol. The molecule has 6 nitrogen and oxygen atoms in total. The van der Waals surface area contributed by atoms with E-state index in [2.05, 4.69) is 15.3 Å². The minimum absolute atomic E-state index is 0.0205. The summed E-state index contributed by atoms with van der Waals surface area (Å²) in [5.74, 6) is -1.53. The van der Waals surface area contributed by atoms with Crippen LogP contribution in [0.5, 0.6) is 0 Å². The standard InChI is InChI=1S/C33H27F2N3O3/c1-18-4-5-21(25(39)15-33(12-13-33)27-17-37-19(2)16-38-27)14-24(18)23-10-11-26-28(30(23)35)29(32(40)36-3)31(41-26)20-6-8-22(34)9-7-20/h4-11,14,16-17H,12-13,15H2,1-3H3,(H,36,40). The fraction of sp³-hybridized carbons (Fsp3) is 0.212. The van der Waals surface area contributed by atoms with Crippen molar-refractivity contribution >= 4 is 22.7 Å². The van der Waals surface area contributed by atoms with Crippen molar-refractivity contribution in [2.24, 2.45) is 0 Å². The molecule has 1 aliphatic carbocycles. The number of furan rings is 1. The van der Waals surface area contributed by atoms with Crippen LogP contribution in [0.2, 0.25) is 0 Å². The van der Waals surface area contributed by atoms with Crippen LogP contribution in [-0.4, -0.2) is 28.7 Å². The van der Waals surface area contributed by atoms with Crippen molar-refractivity contribution in [2.75, 3.05) is 7.05 Å². The number of halogens is 2. The molecule has 0 unspecified atom stereocenters. The van der Waals surface area contributed by atoms with Gasteiger partial charge in [0.15, 0.2) is 5.78 Å². The van der Waals surface area contributed by atoms with Crippen molar-refractivity contribution in [2.45, 2.75) is 38.5 Å². The van der Waals surface area contributed by atoms with Gasteiger partial charge >= 0.3 is 0 Å². The Morgan fingerprint density at radius 3 is 2.37 bits per heavy atom. The fourth-order valence-corrected chi connectivity index (χ4v) is 5.34. The van der Waals surface area contributed by atoms with Gasteiger partial charge in [-0.05, 0) is 80.3 Å². The lowest BCUT2D eigenvalue weighted by atomic mass is 9.90. The molecule has 1 fully saturated rings. The third-order valence-electron chi connectivity index (χ3n) is 7.88. The Balaban J connectivity index is 1.41. The Labute approximate surface area is 235 Å². The molecule has 0 spiro atoms. The summed E-state index contributed by atoms with van der Waals surface area (Å²) in [6, 6.07) is 13.9. The molecule has 3 aromatic carbocycles. The second-order valence-corrected chi connectivity index (χ2v) is 10.6. The number of hydrogen-bond acceptors (Lipinski definition) is 5. The van der Waals surface area contributed by atoms with Gasteiger partial charge in [-0.1, -0.05) is 12.1 Å². The number of aryl methyl sites for hydroxylation is 2. The topological polar surface area (TPSA) is 85.1 Å². The SMILES string of the molecule is CNC(=O)c1c(-c2ccc(F)cc2)oc2ccc(-c3cc(C(=O)CC4(c5cnc(C)cn5)CC4)ccc3C)c(F)c12. The van der Waals surface area contributed by atoms with Crippen molar-refractivity contribution in [3.8, 4) is 22.5 Å². The van der Waals surface area contributed by atoms with Gasteiger partial charge in [0.2, 0.25) is 0 Å². The Kier molecular flexibility index (Phi) is 6.49. The van der Waals surface area contributed by atoms with Gasteiger partial charge in [-0.2, -0.15) is 0 Å². The van der Waals surface area contributed by atoms with Crippen LogP contribution >= 0.6 is 0 Å². The second kappa shape index (κ2) is 10.0. The van der Waals surface area contributed by atoms with E-state index in [9.17, 15) is 14.0 Å². The van der Waals surface area contributed by atoms with Crippen LogP contribution in [0.3, 0.4) is 0 Å². The van der Waals surface area contributed by atoms with E-state index in [-0.39, 0.29) is 39.1 Å². The molecule has 2 heterocycles. The number of amides is 1. The molecule has 0 atom stereocenters. The monoisotopic (exact) mass is 551 g/mol. The van der Waals surface area contributed by atoms with Gasteiger partial charge in [0.1, 0.15) is 23.0 Å². The van der Waals surface area contributed by atoms with E-state index in [0.717, 1.165) is 29.8 Å². The molecular weight excluding hydrogens is 524 g/mol. The molecule has 1 amide bonds. The van der Waals surface area contributed by atoms with Gasteiger partial charge in [-0.25, -0.2) is 8.78 Å². The highest BCUT2D eigenvalue weighted by atomic mass is 19.1. The highest BCUT2D eigenvalue weighted by Crippen LogP contribution is 2.50. The summed E-state index contributed by atoms with van der Waals surface area (Å²) in [5, 5.41) is 2.57. The van der Waals surface area contributed by atoms with Gasteiger partial charge in [0, 0.05) is 48.0 Å². The molecule has 0 aliphatic heterocycles. The van der Waals surface area contributed by atoms with Crippen LogP contribution in [0, 0.1) is 25.5 Å². The Morgan fingerprint density at radius 2 is 1.71 bits per heavy atom. The molecular formula is C33H27F2N3O3. The maximum atomic E-state index is 16.4. The minimum Gasteiger partial charge on any atom is -0.455 e. The predicted octanol–water partition coefficient (Wildman–Crippen LogP) is 7.12. The lowest BCUT2D eigenvalue weighted by Gasteiger charge is -2.15. The van der Waals surface area contributed by atoms with Gasteiger partial charge in [0.25, 0.3) is 5.91 Å². The Bertz CT molecular complexity index is 1820. The largest absolute Gasteiger partial charge is 0.455 e. The summed E-state index contributed by atoms with van der Waals surface area (Å²) in [5.41, 5.74) is 4.00. The number of rotatable bonds is 7. The van der Waals surface area contributed by atoms with Crippen molar-refractivity contribution in [1.82, 2.24) is 15.3 Å². The zero-order chi connectivity index (χ0) is 28.9. The van der Waals surface area contributed by atoms with Gasteiger partial charge in [0.05, 0.1) is 22.3 Å². The smallest absolute Gasteiger partial charge is 0.255 e. The number of nitrogens with zero attached hydrogens (tertiary/aromatic N) is 2. The molecule has 1 aliphatic rings. The van der Waals surface area contributed by atoms with Gasteiger partial charge in [-0.15, -0.1) is 0 Å². The number of Topliss-reactive ketones (excluding diaryl/α,β-unsaturated/α-hetero) is 1. The van der Waals surface area contributed by atoms with Crippen LogP contribution in [0.25, 0.3) is 33.4 Å². The molecule has 6 rings (SSSR count). The summed E-state index contributed by atoms with van der Waals surface area (Å²) >= 11 is 0. The number of carbonyl (C=O) groups excluding carboxylic acids is 2. The first-order valence-electron chi connectivity index (χ1n) is 13.4. The lowest BCUT2D eigenvalue weighted by Crippen LogP contribution is -2.18. The van der Waals surface area contributed by atoms with Crippen LogP contribution < -0.4 is 5.32 Å². The Hall–Kier alpha value is -4.72. The minimum atomic E-state index is -0.639. The zero-order valence-corrected chi connectivity index (χ0v) is 22.8. The quantitative estimate of drug-likeness (QED) is 0.218. The highest BCUT2D eigenvalue weighted by molar-refractivity contribution is 6.12. The molecule has 1 saturated carbocycles. The first-order valence-corrected chi connectivity index (χ1v) is 13.4. The van der Waals surface area contributed by atoms with E-state index in [1.807, 2.05) is 13.8 Å². The third kappa shape index (κ3) is 4.69. The number of hydrogen-bond donors (Lipinski definition) is 1. The zero-order valence-electron chi connectivity index (χ0n) is 22.8. The van der Waals surface area contributed by atoms with E-state index < -0.39 is 17.5 Å². The molecule has 0 radical (unpaired) electrons. The molecule has 206 valence electrons. The molecule has 2 aromatic heterocycles. The number of nitrogens with one attached hydrogen (secondary N) is 1. The average molecular weight is 552 g/mol. The maximum Gasteiger partial charge on any atom is 0.255 e. The normalized spacial score (nSPS) is 13.8. The Morgan fingerprint density at radius 1 is 0.951 bits per heavy atom. The van der Waals surface area contributed by atoms with E-state index in [4.69, 9.17) is 4.42 Å². The number of ketones is 1. The molecule has 0 bridgehead atoms. The molecule has 5 aromatic rings. The van der Waals surface area contributed by atoms with Gasteiger partial charge in [-0.3, -0.25) is 19.6 Å². The van der Waals surface area contributed by atoms with Crippen molar-refractivity contribution in [1.29, 1.82) is 0 Å². The second-order valence-electron chi connectivity index (χ2n) is 10.6. The number of aromatic nitrogens is 2. The fourth-order valence-electron chi connectivity index (χ4n) is 5.34. The number of fused-ring (bicyclic) bond motifs is 1. The summed E-state index contributed by atoms with van der Waals surface area (Å²) in [4.78, 5) is 35.3. The lowest BCUT2D eigenvalue weighted by molar-refractivity contribution is 0.0958. The number of benzene rings is 3. The third-order valence-corrected chi connectivity index (χ3v) is 7.88. The molecule has 8 heteroatoms. The highest BCUT2D eigenvalue weighted by Gasteiger charge is 2.47. The van der Waals surface area contributed by atoms with Crippen molar-refractivity contribution < 1.29 is 22.8 Å². The van der Waals surface area contributed by atoms with E-state index >= 15 is 4.39 Å². The van der Waals surface area contributed by atoms with Crippen LogP contribution in [-0.2, 0) is 5.41 Å². The number of carbonyl (C=O) groups is 2. The van der Waals surface area contributed by atoms with Crippen molar-refractivity contribution in [3.05, 3.63) is 107 Å².